The lowest BCUT2D eigenvalue weighted by atomic mass is 9.78. The van der Waals surface area contributed by atoms with Crippen LogP contribution >= 0.6 is 0 Å². The van der Waals surface area contributed by atoms with E-state index in [1.807, 2.05) is 31.2 Å². The number of benzene rings is 1. The lowest BCUT2D eigenvalue weighted by molar-refractivity contribution is -0.147. The highest BCUT2D eigenvalue weighted by molar-refractivity contribution is 5.97. The Morgan fingerprint density at radius 2 is 2.04 bits per heavy atom. The summed E-state index contributed by atoms with van der Waals surface area (Å²) in [6.45, 7) is 9.79. The van der Waals surface area contributed by atoms with Crippen LogP contribution in [0.4, 0.5) is 5.69 Å². The summed E-state index contributed by atoms with van der Waals surface area (Å²) in [5.74, 6) is 1.30. The smallest absolute Gasteiger partial charge is 0.256 e. The molecule has 1 aromatic rings. The number of nitrogens with one attached hydrogen (secondary N) is 1. The van der Waals surface area contributed by atoms with Gasteiger partial charge in [0.15, 0.2) is 0 Å². The Morgan fingerprint density at radius 1 is 1.29 bits per heavy atom. The molecule has 2 fully saturated rings. The third-order valence-electron chi connectivity index (χ3n) is 5.68. The molecule has 1 saturated heterocycles. The maximum Gasteiger partial charge on any atom is 0.256 e. The highest BCUT2D eigenvalue weighted by Crippen LogP contribution is 2.36. The Morgan fingerprint density at radius 3 is 2.71 bits per heavy atom. The molecule has 1 heterocycles. The molecule has 1 amide bonds. The van der Waals surface area contributed by atoms with Gasteiger partial charge in [-0.25, -0.2) is 0 Å². The fraction of sp³-hybridized carbons (Fsp3) is 0.682. The van der Waals surface area contributed by atoms with Gasteiger partial charge in [0.25, 0.3) is 5.91 Å². The van der Waals surface area contributed by atoms with Crippen LogP contribution in [0.15, 0.2) is 24.3 Å². The van der Waals surface area contributed by atoms with Gasteiger partial charge in [0.2, 0.25) is 0 Å². The van der Waals surface area contributed by atoms with E-state index in [-0.39, 0.29) is 5.91 Å². The molecule has 6 nitrogen and oxygen atoms in total. The summed E-state index contributed by atoms with van der Waals surface area (Å²) in [6.07, 6.45) is 3.78. The van der Waals surface area contributed by atoms with E-state index in [9.17, 15) is 4.79 Å². The minimum atomic E-state index is -0.695. The van der Waals surface area contributed by atoms with Crippen LogP contribution in [0.2, 0.25) is 0 Å². The highest BCUT2D eigenvalue weighted by Gasteiger charge is 2.42. The lowest BCUT2D eigenvalue weighted by Gasteiger charge is -2.38. The SMILES string of the molecule is CCO[C@@]1(C(=O)Nc2ccc(OCCN3CCOCC3)cc2)CCC[C@H](C)C1. The molecule has 28 heavy (non-hydrogen) atoms. The molecule has 0 bridgehead atoms. The van der Waals surface area contributed by atoms with Gasteiger partial charge >= 0.3 is 0 Å². The number of morpholine rings is 1. The van der Waals surface area contributed by atoms with Crippen LogP contribution in [0, 0.1) is 5.92 Å². The molecule has 3 rings (SSSR count). The highest BCUT2D eigenvalue weighted by atomic mass is 16.5. The van der Waals surface area contributed by atoms with Crippen molar-refractivity contribution in [1.29, 1.82) is 0 Å². The van der Waals surface area contributed by atoms with Gasteiger partial charge in [0.1, 0.15) is 18.0 Å². The molecule has 2 atom stereocenters. The minimum absolute atomic E-state index is 0.0260. The normalized spacial score (nSPS) is 26.0. The summed E-state index contributed by atoms with van der Waals surface area (Å²) in [5.41, 5.74) is 0.0857. The van der Waals surface area contributed by atoms with E-state index in [0.717, 1.165) is 63.5 Å². The zero-order valence-electron chi connectivity index (χ0n) is 17.2. The summed E-state index contributed by atoms with van der Waals surface area (Å²) in [4.78, 5) is 15.3. The molecule has 156 valence electrons. The largest absolute Gasteiger partial charge is 0.492 e. The number of amides is 1. The van der Waals surface area contributed by atoms with Crippen LogP contribution in [-0.4, -0.2) is 62.5 Å². The molecule has 6 heteroatoms. The molecule has 1 N–H and O–H groups in total. The van der Waals surface area contributed by atoms with E-state index in [1.165, 1.54) is 6.42 Å². The van der Waals surface area contributed by atoms with Crippen molar-refractivity contribution in [3.63, 3.8) is 0 Å². The summed E-state index contributed by atoms with van der Waals surface area (Å²) in [7, 11) is 0. The average Bonchev–Trinajstić information content (AvgIpc) is 2.70. The zero-order valence-corrected chi connectivity index (χ0v) is 17.2. The van der Waals surface area contributed by atoms with Gasteiger partial charge in [-0.15, -0.1) is 0 Å². The molecule has 0 spiro atoms. The Kier molecular flexibility index (Phi) is 7.71. The van der Waals surface area contributed by atoms with Crippen molar-refractivity contribution in [3.8, 4) is 5.75 Å². The maximum absolute atomic E-state index is 13.0. The van der Waals surface area contributed by atoms with Gasteiger partial charge in [-0.3, -0.25) is 9.69 Å². The molecule has 0 aromatic heterocycles. The molecule has 1 aliphatic carbocycles. The van der Waals surface area contributed by atoms with Crippen molar-refractivity contribution in [1.82, 2.24) is 4.90 Å². The van der Waals surface area contributed by atoms with Gasteiger partial charge in [-0.05, 0) is 56.4 Å². The number of carbonyl (C=O) groups excluding carboxylic acids is 1. The number of rotatable bonds is 8. The van der Waals surface area contributed by atoms with Gasteiger partial charge in [0.05, 0.1) is 13.2 Å². The predicted molar refractivity (Wildman–Crippen MR) is 110 cm³/mol. The number of hydrogen-bond donors (Lipinski definition) is 1. The third kappa shape index (κ3) is 5.69. The average molecular weight is 391 g/mol. The molecule has 1 saturated carbocycles. The third-order valence-corrected chi connectivity index (χ3v) is 5.68. The monoisotopic (exact) mass is 390 g/mol. The second kappa shape index (κ2) is 10.2. The quantitative estimate of drug-likeness (QED) is 0.738. The number of anilines is 1. The molecule has 0 radical (unpaired) electrons. The minimum Gasteiger partial charge on any atom is -0.492 e. The summed E-state index contributed by atoms with van der Waals surface area (Å²) < 4.78 is 17.2. The van der Waals surface area contributed by atoms with Crippen LogP contribution in [0.5, 0.6) is 5.75 Å². The summed E-state index contributed by atoms with van der Waals surface area (Å²) >= 11 is 0. The standard InChI is InChI=1S/C22H34N2O4/c1-3-28-22(10-4-5-18(2)17-22)21(25)23-19-6-8-20(9-7-19)27-16-13-24-11-14-26-15-12-24/h6-9,18H,3-5,10-17H2,1-2H3,(H,23,25)/t18-,22-/m0/s1. The molecule has 2 aliphatic rings. The predicted octanol–water partition coefficient (Wildman–Crippen LogP) is 3.32. The number of carbonyl (C=O) groups is 1. The molecular formula is C22H34N2O4. The number of ether oxygens (including phenoxy) is 3. The van der Waals surface area contributed by atoms with Gasteiger partial charge < -0.3 is 19.5 Å². The Labute approximate surface area is 168 Å². The van der Waals surface area contributed by atoms with Gasteiger partial charge in [-0.1, -0.05) is 13.3 Å². The first-order chi connectivity index (χ1) is 13.6. The number of hydrogen-bond acceptors (Lipinski definition) is 5. The van der Waals surface area contributed by atoms with Gasteiger partial charge in [-0.2, -0.15) is 0 Å². The van der Waals surface area contributed by atoms with E-state index in [0.29, 0.717) is 19.1 Å². The van der Waals surface area contributed by atoms with Crippen LogP contribution in [0.1, 0.15) is 39.5 Å². The van der Waals surface area contributed by atoms with Crippen LogP contribution in [0.3, 0.4) is 0 Å². The lowest BCUT2D eigenvalue weighted by Crippen LogP contribution is -2.48. The van der Waals surface area contributed by atoms with Crippen molar-refractivity contribution in [2.45, 2.75) is 45.1 Å². The zero-order chi connectivity index (χ0) is 19.8. The van der Waals surface area contributed by atoms with Crippen molar-refractivity contribution in [2.24, 2.45) is 5.92 Å². The molecule has 1 aromatic carbocycles. The van der Waals surface area contributed by atoms with E-state index in [4.69, 9.17) is 14.2 Å². The Balaban J connectivity index is 1.50. The van der Waals surface area contributed by atoms with Crippen molar-refractivity contribution < 1.29 is 19.0 Å². The Bertz CT molecular complexity index is 611. The fourth-order valence-corrected chi connectivity index (χ4v) is 4.18. The summed E-state index contributed by atoms with van der Waals surface area (Å²) in [5, 5.41) is 3.05. The molecule has 1 aliphatic heterocycles. The molecular weight excluding hydrogens is 356 g/mol. The topological polar surface area (TPSA) is 60.0 Å². The Hall–Kier alpha value is -1.63. The first-order valence-corrected chi connectivity index (χ1v) is 10.6. The molecule has 0 unspecified atom stereocenters. The van der Waals surface area contributed by atoms with Crippen molar-refractivity contribution in [3.05, 3.63) is 24.3 Å². The first kappa shape index (κ1) is 21.1. The first-order valence-electron chi connectivity index (χ1n) is 10.6. The number of nitrogens with zero attached hydrogens (tertiary/aromatic N) is 1. The van der Waals surface area contributed by atoms with Crippen LogP contribution in [0.25, 0.3) is 0 Å². The van der Waals surface area contributed by atoms with E-state index < -0.39 is 5.60 Å². The van der Waals surface area contributed by atoms with Crippen molar-refractivity contribution in [2.75, 3.05) is 51.4 Å². The second-order valence-corrected chi connectivity index (χ2v) is 7.91. The fourth-order valence-electron chi connectivity index (χ4n) is 4.18. The summed E-state index contributed by atoms with van der Waals surface area (Å²) in [6, 6.07) is 7.61. The second-order valence-electron chi connectivity index (χ2n) is 7.91. The van der Waals surface area contributed by atoms with E-state index in [2.05, 4.69) is 17.1 Å². The maximum atomic E-state index is 13.0. The van der Waals surface area contributed by atoms with Crippen LogP contribution in [-0.2, 0) is 14.3 Å². The van der Waals surface area contributed by atoms with Crippen LogP contribution < -0.4 is 10.1 Å². The van der Waals surface area contributed by atoms with E-state index in [1.54, 1.807) is 0 Å². The van der Waals surface area contributed by atoms with Crippen molar-refractivity contribution >= 4 is 11.6 Å². The van der Waals surface area contributed by atoms with Gasteiger partial charge in [0, 0.05) is 31.9 Å². The van der Waals surface area contributed by atoms with E-state index >= 15 is 0 Å².